The second kappa shape index (κ2) is 8.74. The lowest BCUT2D eigenvalue weighted by atomic mass is 10.1. The number of rotatable bonds is 5. The van der Waals surface area contributed by atoms with Crippen LogP contribution in [0.1, 0.15) is 44.3 Å². The van der Waals surface area contributed by atoms with Crippen LogP contribution in [0.2, 0.25) is 0 Å². The topological polar surface area (TPSA) is 55.4 Å². The monoisotopic (exact) mass is 387 g/mol. The minimum Gasteiger partial charge on any atom is -0.444 e. The maximum absolute atomic E-state index is 13.1. The van der Waals surface area contributed by atoms with Gasteiger partial charge >= 0.3 is 5.97 Å². The Bertz CT molecular complexity index is 1020. The molecular formula is C25H25NO3. The van der Waals surface area contributed by atoms with Gasteiger partial charge in [-0.25, -0.2) is 4.79 Å². The number of anilines is 1. The summed E-state index contributed by atoms with van der Waals surface area (Å²) in [7, 11) is 0. The first-order valence-corrected chi connectivity index (χ1v) is 9.56. The van der Waals surface area contributed by atoms with Crippen LogP contribution in [0.25, 0.3) is 0 Å². The molecule has 1 amide bonds. The van der Waals surface area contributed by atoms with Gasteiger partial charge in [0.05, 0.1) is 5.56 Å². The van der Waals surface area contributed by atoms with Crippen molar-refractivity contribution in [3.8, 4) is 0 Å². The van der Waals surface area contributed by atoms with Crippen molar-refractivity contribution in [3.05, 3.63) is 100 Å². The van der Waals surface area contributed by atoms with Crippen LogP contribution in [0.3, 0.4) is 0 Å². The van der Waals surface area contributed by atoms with Crippen LogP contribution in [0.5, 0.6) is 0 Å². The van der Waals surface area contributed by atoms with Crippen molar-refractivity contribution in [2.45, 2.75) is 33.8 Å². The molecule has 3 aromatic carbocycles. The van der Waals surface area contributed by atoms with Crippen LogP contribution in [-0.4, -0.2) is 11.9 Å². The normalized spacial score (nSPS) is 11.6. The largest absolute Gasteiger partial charge is 0.444 e. The van der Waals surface area contributed by atoms with Gasteiger partial charge in [0.25, 0.3) is 5.91 Å². The molecule has 0 bridgehead atoms. The molecule has 0 heterocycles. The average Bonchev–Trinajstić information content (AvgIpc) is 2.68. The Labute approximate surface area is 171 Å². The predicted octanol–water partition coefficient (Wildman–Crippen LogP) is 5.46. The number of ether oxygens (including phenoxy) is 1. The summed E-state index contributed by atoms with van der Waals surface area (Å²) < 4.78 is 5.69. The zero-order valence-electron chi connectivity index (χ0n) is 17.2. The molecule has 0 saturated heterocycles. The molecule has 0 aliphatic carbocycles. The van der Waals surface area contributed by atoms with Gasteiger partial charge < -0.3 is 10.1 Å². The Morgan fingerprint density at radius 3 is 2.10 bits per heavy atom. The number of amides is 1. The lowest BCUT2D eigenvalue weighted by Gasteiger charge is -2.19. The van der Waals surface area contributed by atoms with Gasteiger partial charge in [-0.15, -0.1) is 0 Å². The van der Waals surface area contributed by atoms with E-state index in [1.165, 1.54) is 0 Å². The van der Waals surface area contributed by atoms with E-state index in [-0.39, 0.29) is 5.91 Å². The molecule has 0 aliphatic heterocycles. The van der Waals surface area contributed by atoms with Crippen LogP contribution >= 0.6 is 0 Å². The first-order valence-electron chi connectivity index (χ1n) is 9.56. The molecule has 148 valence electrons. The fourth-order valence-electron chi connectivity index (χ4n) is 3.24. The minimum atomic E-state index is -1.05. The number of carbonyl (C=O) groups excluding carboxylic acids is 2. The minimum absolute atomic E-state index is 0.386. The molecule has 0 saturated carbocycles. The molecule has 0 fully saturated rings. The van der Waals surface area contributed by atoms with Crippen molar-refractivity contribution in [1.29, 1.82) is 0 Å². The molecule has 0 spiro atoms. The summed E-state index contributed by atoms with van der Waals surface area (Å²) in [5.41, 5.74) is 5.67. The Morgan fingerprint density at radius 1 is 0.793 bits per heavy atom. The third-order valence-electron chi connectivity index (χ3n) is 4.67. The van der Waals surface area contributed by atoms with Crippen LogP contribution in [0, 0.1) is 27.7 Å². The maximum Gasteiger partial charge on any atom is 0.339 e. The molecule has 3 aromatic rings. The van der Waals surface area contributed by atoms with Gasteiger partial charge in [0.2, 0.25) is 6.10 Å². The molecule has 29 heavy (non-hydrogen) atoms. The third kappa shape index (κ3) is 5.11. The fraction of sp³-hybridized carbons (Fsp3) is 0.200. The number of esters is 1. The van der Waals surface area contributed by atoms with Gasteiger partial charge in [-0.1, -0.05) is 59.7 Å². The zero-order chi connectivity index (χ0) is 21.0. The second-order valence-electron chi connectivity index (χ2n) is 7.38. The molecule has 1 atom stereocenters. The van der Waals surface area contributed by atoms with Crippen molar-refractivity contribution < 1.29 is 14.3 Å². The molecule has 0 unspecified atom stereocenters. The third-order valence-corrected chi connectivity index (χ3v) is 4.67. The van der Waals surface area contributed by atoms with E-state index in [2.05, 4.69) is 5.32 Å². The molecule has 4 nitrogen and oxygen atoms in total. The predicted molar refractivity (Wildman–Crippen MR) is 115 cm³/mol. The summed E-state index contributed by atoms with van der Waals surface area (Å²) in [4.78, 5) is 25.9. The van der Waals surface area contributed by atoms with E-state index < -0.39 is 12.1 Å². The zero-order valence-corrected chi connectivity index (χ0v) is 17.2. The van der Waals surface area contributed by atoms with E-state index in [1.807, 2.05) is 70.2 Å². The highest BCUT2D eigenvalue weighted by molar-refractivity contribution is 5.98. The van der Waals surface area contributed by atoms with Crippen molar-refractivity contribution in [2.24, 2.45) is 0 Å². The maximum atomic E-state index is 13.1. The van der Waals surface area contributed by atoms with E-state index in [0.29, 0.717) is 16.8 Å². The van der Waals surface area contributed by atoms with Gasteiger partial charge in [-0.2, -0.15) is 0 Å². The molecule has 0 aliphatic rings. The first-order chi connectivity index (χ1) is 13.8. The van der Waals surface area contributed by atoms with Gasteiger partial charge in [0.15, 0.2) is 0 Å². The van der Waals surface area contributed by atoms with Gasteiger partial charge in [0, 0.05) is 11.3 Å². The van der Waals surface area contributed by atoms with Crippen molar-refractivity contribution in [1.82, 2.24) is 0 Å². The average molecular weight is 387 g/mol. The summed E-state index contributed by atoms with van der Waals surface area (Å²) >= 11 is 0. The summed E-state index contributed by atoms with van der Waals surface area (Å²) in [6.45, 7) is 7.73. The van der Waals surface area contributed by atoms with Crippen LogP contribution in [0.4, 0.5) is 5.69 Å². The van der Waals surface area contributed by atoms with Gasteiger partial charge in [0.1, 0.15) is 0 Å². The van der Waals surface area contributed by atoms with E-state index in [0.717, 1.165) is 22.3 Å². The lowest BCUT2D eigenvalue weighted by Crippen LogP contribution is -2.26. The number of nitrogens with one attached hydrogen (secondary N) is 1. The van der Waals surface area contributed by atoms with Crippen molar-refractivity contribution >= 4 is 17.6 Å². The smallest absolute Gasteiger partial charge is 0.339 e. The highest BCUT2D eigenvalue weighted by Crippen LogP contribution is 2.24. The quantitative estimate of drug-likeness (QED) is 0.592. The highest BCUT2D eigenvalue weighted by atomic mass is 16.5. The highest BCUT2D eigenvalue weighted by Gasteiger charge is 2.26. The van der Waals surface area contributed by atoms with Crippen LogP contribution < -0.4 is 5.32 Å². The van der Waals surface area contributed by atoms with Crippen molar-refractivity contribution in [3.63, 3.8) is 0 Å². The van der Waals surface area contributed by atoms with Gasteiger partial charge in [-0.05, 0) is 57.0 Å². The fourth-order valence-corrected chi connectivity index (χ4v) is 3.24. The van der Waals surface area contributed by atoms with Crippen LogP contribution in [-0.2, 0) is 9.53 Å². The Hall–Kier alpha value is -3.40. The Balaban J connectivity index is 1.89. The number of hydrogen-bond donors (Lipinski definition) is 1. The number of aryl methyl sites for hydroxylation is 4. The standard InChI is InChI=1S/C25H25NO3/c1-16-10-11-19(4)22(15-16)26-24(27)23(20-8-6-5-7-9-20)29-25(28)21-13-17(2)12-18(3)14-21/h5-15,23H,1-4H3,(H,26,27)/t23-/m1/s1. The number of carbonyl (C=O) groups is 2. The number of benzene rings is 3. The molecular weight excluding hydrogens is 362 g/mol. The molecule has 3 rings (SSSR count). The molecule has 1 N–H and O–H groups in total. The Kier molecular flexibility index (Phi) is 6.13. The van der Waals surface area contributed by atoms with E-state index in [1.54, 1.807) is 24.3 Å². The van der Waals surface area contributed by atoms with E-state index >= 15 is 0 Å². The first kappa shape index (κ1) is 20.3. The summed E-state index contributed by atoms with van der Waals surface area (Å²) in [5, 5.41) is 2.91. The lowest BCUT2D eigenvalue weighted by molar-refractivity contribution is -0.125. The van der Waals surface area contributed by atoms with Crippen molar-refractivity contribution in [2.75, 3.05) is 5.32 Å². The second-order valence-corrected chi connectivity index (χ2v) is 7.38. The Morgan fingerprint density at radius 2 is 1.45 bits per heavy atom. The summed E-state index contributed by atoms with van der Waals surface area (Å²) in [6, 6.07) is 20.4. The van der Waals surface area contributed by atoms with E-state index in [9.17, 15) is 9.59 Å². The summed E-state index contributed by atoms with van der Waals surface area (Å²) in [6.07, 6.45) is -1.05. The molecule has 0 aromatic heterocycles. The molecule has 0 radical (unpaired) electrons. The van der Waals surface area contributed by atoms with E-state index in [4.69, 9.17) is 4.74 Å². The van der Waals surface area contributed by atoms with Gasteiger partial charge in [-0.3, -0.25) is 4.79 Å². The SMILES string of the molecule is Cc1cc(C)cc(C(=O)O[C@@H](C(=O)Nc2cc(C)ccc2C)c2ccccc2)c1. The molecule has 4 heteroatoms. The van der Waals surface area contributed by atoms with Crippen LogP contribution in [0.15, 0.2) is 66.7 Å². The number of hydrogen-bond acceptors (Lipinski definition) is 3. The summed E-state index contributed by atoms with van der Waals surface area (Å²) in [5.74, 6) is -0.913.